The van der Waals surface area contributed by atoms with Crippen LogP contribution in [0.2, 0.25) is 5.02 Å². The highest BCUT2D eigenvalue weighted by Crippen LogP contribution is 2.47. The van der Waals surface area contributed by atoms with Crippen molar-refractivity contribution in [2.75, 3.05) is 0 Å². The van der Waals surface area contributed by atoms with Crippen molar-refractivity contribution in [3.63, 3.8) is 0 Å². The van der Waals surface area contributed by atoms with Crippen molar-refractivity contribution in [2.45, 2.75) is 109 Å². The van der Waals surface area contributed by atoms with Crippen LogP contribution in [0.4, 0.5) is 30.7 Å². The van der Waals surface area contributed by atoms with Crippen LogP contribution >= 0.6 is 11.6 Å². The van der Waals surface area contributed by atoms with Gasteiger partial charge in [-0.15, -0.1) is 0 Å². The van der Waals surface area contributed by atoms with E-state index in [4.69, 9.17) is 16.3 Å². The molecule has 2 aromatic rings. The van der Waals surface area contributed by atoms with Crippen molar-refractivity contribution >= 4 is 17.4 Å². The number of benzene rings is 2. The monoisotopic (exact) mass is 632 g/mol. The molecule has 0 N–H and O–H groups in total. The second kappa shape index (κ2) is 15.2. The standard InChI is InChI=1S/C34H40ClF7O/c1-2-3-4-5-6-7-28(36)33(40)24-14-17-27(29(37)18-24)23-10-8-21(9-11-23)22-12-15-25(16-13-22)34(41,42)43-26-19-30(38)32(35)31(39)20-26/h14,17-23,25H,2-13,15-16H2,1H3. The fraction of sp³-hybridized carbons (Fsp3) is 0.588. The quantitative estimate of drug-likeness (QED) is 0.128. The van der Waals surface area contributed by atoms with Crippen molar-refractivity contribution in [3.05, 3.63) is 69.8 Å². The zero-order valence-corrected chi connectivity index (χ0v) is 25.3. The van der Waals surface area contributed by atoms with E-state index in [0.29, 0.717) is 42.9 Å². The smallest absolute Gasteiger partial charge is 0.400 e. The molecule has 9 heteroatoms. The lowest BCUT2D eigenvalue weighted by Crippen LogP contribution is -2.38. The van der Waals surface area contributed by atoms with Gasteiger partial charge in [0.15, 0.2) is 5.83 Å². The lowest BCUT2D eigenvalue weighted by molar-refractivity contribution is -0.224. The van der Waals surface area contributed by atoms with Gasteiger partial charge in [0.2, 0.25) is 0 Å². The first-order valence-corrected chi connectivity index (χ1v) is 15.9. The summed E-state index contributed by atoms with van der Waals surface area (Å²) in [4.78, 5) is 0. The minimum atomic E-state index is -3.58. The van der Waals surface area contributed by atoms with Gasteiger partial charge < -0.3 is 4.74 Å². The summed E-state index contributed by atoms with van der Waals surface area (Å²) in [5.41, 5.74) is 0.426. The van der Waals surface area contributed by atoms with Crippen molar-refractivity contribution < 1.29 is 35.5 Å². The highest BCUT2D eigenvalue weighted by atomic mass is 35.5. The van der Waals surface area contributed by atoms with Crippen LogP contribution in [0.1, 0.15) is 114 Å². The van der Waals surface area contributed by atoms with Crippen LogP contribution in [0.25, 0.3) is 5.83 Å². The molecule has 0 saturated heterocycles. The third-order valence-corrected chi connectivity index (χ3v) is 9.69. The van der Waals surface area contributed by atoms with Crippen LogP contribution < -0.4 is 4.74 Å². The molecule has 0 atom stereocenters. The van der Waals surface area contributed by atoms with Gasteiger partial charge in [0.05, 0.1) is 5.92 Å². The fourth-order valence-corrected chi connectivity index (χ4v) is 6.91. The Bertz CT molecular complexity index is 1220. The minimum absolute atomic E-state index is 0.0117. The molecule has 0 unspecified atom stereocenters. The van der Waals surface area contributed by atoms with E-state index in [1.807, 2.05) is 0 Å². The predicted octanol–water partition coefficient (Wildman–Crippen LogP) is 12.5. The molecule has 4 rings (SSSR count). The Kier molecular flexibility index (Phi) is 11.9. The number of hydrogen-bond donors (Lipinski definition) is 0. The van der Waals surface area contributed by atoms with Gasteiger partial charge in [-0.05, 0) is 87.2 Å². The summed E-state index contributed by atoms with van der Waals surface area (Å²) in [6, 6.07) is 5.41. The summed E-state index contributed by atoms with van der Waals surface area (Å²) < 4.78 is 106. The average Bonchev–Trinajstić information content (AvgIpc) is 2.99. The Hall–Kier alpha value is -2.22. The molecule has 0 radical (unpaired) electrons. The van der Waals surface area contributed by atoms with Gasteiger partial charge in [-0.25, -0.2) is 22.0 Å². The molecule has 0 spiro atoms. The van der Waals surface area contributed by atoms with Crippen LogP contribution in [0.3, 0.4) is 0 Å². The Balaban J connectivity index is 1.26. The second-order valence-corrected chi connectivity index (χ2v) is 12.6. The molecule has 2 aliphatic carbocycles. The summed E-state index contributed by atoms with van der Waals surface area (Å²) in [5, 5.41) is -0.772. The Morgan fingerprint density at radius 1 is 0.791 bits per heavy atom. The molecule has 2 aromatic carbocycles. The Labute approximate surface area is 254 Å². The van der Waals surface area contributed by atoms with Gasteiger partial charge in [0.25, 0.3) is 0 Å². The second-order valence-electron chi connectivity index (χ2n) is 12.2. The molecule has 238 valence electrons. The number of halogens is 8. The van der Waals surface area contributed by atoms with Gasteiger partial charge >= 0.3 is 6.11 Å². The molecule has 1 nitrogen and oxygen atoms in total. The number of alkyl halides is 2. The molecule has 2 saturated carbocycles. The van der Waals surface area contributed by atoms with Crippen LogP contribution in [0, 0.1) is 35.2 Å². The first-order chi connectivity index (χ1) is 20.5. The van der Waals surface area contributed by atoms with Crippen molar-refractivity contribution in [1.29, 1.82) is 0 Å². The van der Waals surface area contributed by atoms with Gasteiger partial charge in [-0.1, -0.05) is 56.3 Å². The molecular weight excluding hydrogens is 593 g/mol. The maximum atomic E-state index is 15.0. The molecule has 2 fully saturated rings. The number of ether oxygens (including phenoxy) is 1. The summed E-state index contributed by atoms with van der Waals surface area (Å²) >= 11 is 5.42. The summed E-state index contributed by atoms with van der Waals surface area (Å²) in [5.74, 6) is -5.81. The predicted molar refractivity (Wildman–Crippen MR) is 156 cm³/mol. The lowest BCUT2D eigenvalue weighted by Gasteiger charge is -2.39. The molecule has 0 heterocycles. The highest BCUT2D eigenvalue weighted by molar-refractivity contribution is 6.30. The third kappa shape index (κ3) is 8.70. The van der Waals surface area contributed by atoms with Gasteiger partial charge in [0.1, 0.15) is 34.1 Å². The number of hydrogen-bond acceptors (Lipinski definition) is 1. The fourth-order valence-electron chi connectivity index (χ4n) is 6.80. The van der Waals surface area contributed by atoms with Gasteiger partial charge in [-0.3, -0.25) is 0 Å². The maximum absolute atomic E-state index is 15.0. The molecule has 0 aliphatic heterocycles. The first kappa shape index (κ1) is 33.7. The van der Waals surface area contributed by atoms with E-state index in [0.717, 1.165) is 57.4 Å². The largest absolute Gasteiger partial charge is 0.432 e. The van der Waals surface area contributed by atoms with E-state index >= 15 is 4.39 Å². The number of rotatable bonds is 12. The van der Waals surface area contributed by atoms with E-state index in [2.05, 4.69) is 6.92 Å². The molecule has 2 aliphatic rings. The SMILES string of the molecule is CCCCCCCC(F)=C(F)c1ccc(C2CCC(C3CCC(C(F)(F)Oc4cc(F)c(Cl)c(F)c4)CC3)CC2)c(F)c1. The summed E-state index contributed by atoms with van der Waals surface area (Å²) in [6.45, 7) is 2.09. The Morgan fingerprint density at radius 2 is 1.37 bits per heavy atom. The molecule has 43 heavy (non-hydrogen) atoms. The van der Waals surface area contributed by atoms with Crippen molar-refractivity contribution in [3.8, 4) is 5.75 Å². The van der Waals surface area contributed by atoms with Crippen molar-refractivity contribution in [2.24, 2.45) is 17.8 Å². The molecule has 0 amide bonds. The Morgan fingerprint density at radius 3 is 1.95 bits per heavy atom. The zero-order valence-electron chi connectivity index (χ0n) is 24.5. The minimum Gasteiger partial charge on any atom is -0.432 e. The molecule has 0 bridgehead atoms. The number of allylic oxidation sites excluding steroid dienone is 1. The van der Waals surface area contributed by atoms with E-state index in [1.54, 1.807) is 6.07 Å². The highest BCUT2D eigenvalue weighted by Gasteiger charge is 2.45. The summed E-state index contributed by atoms with van der Waals surface area (Å²) in [6.07, 6.45) is 5.70. The molecule has 0 aromatic heterocycles. The van der Waals surface area contributed by atoms with Crippen molar-refractivity contribution in [1.82, 2.24) is 0 Å². The van der Waals surface area contributed by atoms with E-state index < -0.39 is 51.9 Å². The molecular formula is C34H40ClF7O. The topological polar surface area (TPSA) is 9.23 Å². The lowest BCUT2D eigenvalue weighted by atomic mass is 9.68. The average molecular weight is 633 g/mol. The maximum Gasteiger partial charge on any atom is 0.400 e. The number of unbranched alkanes of at least 4 members (excludes halogenated alkanes) is 4. The summed E-state index contributed by atoms with van der Waals surface area (Å²) in [7, 11) is 0. The normalized spacial score (nSPS) is 23.7. The zero-order chi connectivity index (χ0) is 31.1. The third-order valence-electron chi connectivity index (χ3n) is 9.33. The van der Waals surface area contributed by atoms with Gasteiger partial charge in [0, 0.05) is 24.1 Å². The van der Waals surface area contributed by atoms with Crippen LogP contribution in [0.15, 0.2) is 36.2 Å². The van der Waals surface area contributed by atoms with Crippen LogP contribution in [0.5, 0.6) is 5.75 Å². The van der Waals surface area contributed by atoms with E-state index in [-0.39, 0.29) is 36.7 Å². The van der Waals surface area contributed by atoms with Crippen LogP contribution in [-0.2, 0) is 0 Å². The van der Waals surface area contributed by atoms with Gasteiger partial charge in [-0.2, -0.15) is 8.78 Å². The van der Waals surface area contributed by atoms with Crippen LogP contribution in [-0.4, -0.2) is 6.11 Å². The van der Waals surface area contributed by atoms with E-state index in [1.165, 1.54) is 6.07 Å². The first-order valence-electron chi connectivity index (χ1n) is 15.6. The van der Waals surface area contributed by atoms with E-state index in [9.17, 15) is 26.3 Å².